The molecule has 0 radical (unpaired) electrons. The Hall–Kier alpha value is -3.15. The summed E-state index contributed by atoms with van der Waals surface area (Å²) in [6.45, 7) is 0.747. The number of hydrogen-bond acceptors (Lipinski definition) is 4. The molecule has 3 heterocycles. The van der Waals surface area contributed by atoms with E-state index < -0.39 is 0 Å². The van der Waals surface area contributed by atoms with Crippen LogP contribution in [-0.2, 0) is 13.6 Å². The SMILES string of the molecule is Cn1cnc2cnc(Nc3cnn(Cc4ccccc4)c3)cc21. The molecule has 0 aliphatic heterocycles. The number of pyridine rings is 1. The highest BCUT2D eigenvalue weighted by Crippen LogP contribution is 2.18. The highest BCUT2D eigenvalue weighted by molar-refractivity contribution is 5.78. The quantitative estimate of drug-likeness (QED) is 0.629. The van der Waals surface area contributed by atoms with E-state index in [2.05, 4.69) is 32.5 Å². The molecule has 0 saturated carbocycles. The Morgan fingerprint density at radius 3 is 2.83 bits per heavy atom. The van der Waals surface area contributed by atoms with Gasteiger partial charge in [0.2, 0.25) is 0 Å². The molecule has 6 nitrogen and oxygen atoms in total. The summed E-state index contributed by atoms with van der Waals surface area (Å²) in [5.74, 6) is 0.778. The van der Waals surface area contributed by atoms with Crippen molar-refractivity contribution in [3.8, 4) is 0 Å². The average Bonchev–Trinajstić information content (AvgIpc) is 3.16. The van der Waals surface area contributed by atoms with Crippen LogP contribution >= 0.6 is 0 Å². The van der Waals surface area contributed by atoms with Crippen molar-refractivity contribution >= 4 is 22.5 Å². The normalized spacial score (nSPS) is 11.0. The molecule has 0 amide bonds. The number of benzene rings is 1. The lowest BCUT2D eigenvalue weighted by atomic mass is 10.2. The maximum absolute atomic E-state index is 4.39. The summed E-state index contributed by atoms with van der Waals surface area (Å²) < 4.78 is 3.88. The minimum Gasteiger partial charge on any atom is -0.338 e. The van der Waals surface area contributed by atoms with Gasteiger partial charge in [-0.1, -0.05) is 30.3 Å². The van der Waals surface area contributed by atoms with Crippen LogP contribution in [0.2, 0.25) is 0 Å². The van der Waals surface area contributed by atoms with E-state index in [4.69, 9.17) is 0 Å². The topological polar surface area (TPSA) is 60.6 Å². The van der Waals surface area contributed by atoms with Crippen LogP contribution in [0.25, 0.3) is 11.0 Å². The maximum atomic E-state index is 4.39. The van der Waals surface area contributed by atoms with Crippen molar-refractivity contribution in [2.75, 3.05) is 5.32 Å². The molecule has 0 atom stereocenters. The number of aryl methyl sites for hydroxylation is 1. The van der Waals surface area contributed by atoms with Crippen LogP contribution in [0, 0.1) is 0 Å². The van der Waals surface area contributed by atoms with Gasteiger partial charge in [0.1, 0.15) is 11.3 Å². The van der Waals surface area contributed by atoms with Crippen molar-refractivity contribution in [1.82, 2.24) is 24.3 Å². The fourth-order valence-electron chi connectivity index (χ4n) is 2.53. The molecule has 4 rings (SSSR count). The highest BCUT2D eigenvalue weighted by atomic mass is 15.3. The van der Waals surface area contributed by atoms with Crippen molar-refractivity contribution in [3.05, 3.63) is 66.9 Å². The van der Waals surface area contributed by atoms with Gasteiger partial charge >= 0.3 is 0 Å². The number of anilines is 2. The molecule has 23 heavy (non-hydrogen) atoms. The molecule has 0 saturated heterocycles. The Balaban J connectivity index is 1.53. The molecule has 114 valence electrons. The maximum Gasteiger partial charge on any atom is 0.132 e. The Bertz CT molecular complexity index is 938. The van der Waals surface area contributed by atoms with Crippen molar-refractivity contribution in [3.63, 3.8) is 0 Å². The van der Waals surface area contributed by atoms with Crippen LogP contribution in [-0.4, -0.2) is 24.3 Å². The van der Waals surface area contributed by atoms with Crippen molar-refractivity contribution in [1.29, 1.82) is 0 Å². The first-order valence-corrected chi connectivity index (χ1v) is 7.38. The van der Waals surface area contributed by atoms with Gasteiger partial charge in [0.15, 0.2) is 0 Å². The number of hydrogen-bond donors (Lipinski definition) is 1. The van der Waals surface area contributed by atoms with E-state index in [0.29, 0.717) is 0 Å². The van der Waals surface area contributed by atoms with Gasteiger partial charge in [0, 0.05) is 19.3 Å². The smallest absolute Gasteiger partial charge is 0.132 e. The number of nitrogens with one attached hydrogen (secondary N) is 1. The van der Waals surface area contributed by atoms with Crippen LogP contribution in [0.4, 0.5) is 11.5 Å². The van der Waals surface area contributed by atoms with Gasteiger partial charge in [-0.25, -0.2) is 9.97 Å². The summed E-state index contributed by atoms with van der Waals surface area (Å²) in [5.41, 5.74) is 4.06. The number of fused-ring (bicyclic) bond motifs is 1. The fourth-order valence-corrected chi connectivity index (χ4v) is 2.53. The largest absolute Gasteiger partial charge is 0.338 e. The molecule has 0 bridgehead atoms. The van der Waals surface area contributed by atoms with Gasteiger partial charge in [-0.3, -0.25) is 4.68 Å². The summed E-state index contributed by atoms with van der Waals surface area (Å²) in [7, 11) is 1.97. The highest BCUT2D eigenvalue weighted by Gasteiger charge is 2.05. The van der Waals surface area contributed by atoms with Crippen LogP contribution in [0.5, 0.6) is 0 Å². The predicted octanol–water partition coefficient (Wildman–Crippen LogP) is 2.96. The van der Waals surface area contributed by atoms with E-state index in [1.165, 1.54) is 5.56 Å². The van der Waals surface area contributed by atoms with Crippen LogP contribution in [0.3, 0.4) is 0 Å². The van der Waals surface area contributed by atoms with Crippen molar-refractivity contribution in [2.45, 2.75) is 6.54 Å². The van der Waals surface area contributed by atoms with E-state index in [-0.39, 0.29) is 0 Å². The van der Waals surface area contributed by atoms with E-state index >= 15 is 0 Å². The summed E-state index contributed by atoms with van der Waals surface area (Å²) >= 11 is 0. The molecule has 3 aromatic heterocycles. The lowest BCUT2D eigenvalue weighted by molar-refractivity contribution is 0.687. The van der Waals surface area contributed by atoms with E-state index in [9.17, 15) is 0 Å². The van der Waals surface area contributed by atoms with E-state index in [0.717, 1.165) is 29.1 Å². The standard InChI is InChI=1S/C17H16N6/c1-22-12-19-15-9-18-17(7-16(15)22)21-14-8-20-23(11-14)10-13-5-3-2-4-6-13/h2-9,11-12H,10H2,1H3,(H,18,21). The molecule has 0 unspecified atom stereocenters. The lowest BCUT2D eigenvalue weighted by Crippen LogP contribution is -1.99. The monoisotopic (exact) mass is 304 g/mol. The summed E-state index contributed by atoms with van der Waals surface area (Å²) in [6.07, 6.45) is 7.33. The minimum absolute atomic E-state index is 0.747. The van der Waals surface area contributed by atoms with Crippen LogP contribution < -0.4 is 5.32 Å². The van der Waals surface area contributed by atoms with Crippen molar-refractivity contribution in [2.24, 2.45) is 7.05 Å². The van der Waals surface area contributed by atoms with Gasteiger partial charge in [-0.05, 0) is 5.56 Å². The third kappa shape index (κ3) is 2.78. The first kappa shape index (κ1) is 13.5. The van der Waals surface area contributed by atoms with E-state index in [1.807, 2.05) is 46.8 Å². The fraction of sp³-hybridized carbons (Fsp3) is 0.118. The molecule has 6 heteroatoms. The van der Waals surface area contributed by atoms with Gasteiger partial charge in [0.05, 0.1) is 36.5 Å². The molecular formula is C17H16N6. The van der Waals surface area contributed by atoms with Gasteiger partial charge in [0.25, 0.3) is 0 Å². The number of rotatable bonds is 4. The van der Waals surface area contributed by atoms with Gasteiger partial charge < -0.3 is 9.88 Å². The number of nitrogens with zero attached hydrogens (tertiary/aromatic N) is 5. The van der Waals surface area contributed by atoms with Crippen LogP contribution in [0.1, 0.15) is 5.56 Å². The second kappa shape index (κ2) is 5.57. The molecule has 4 aromatic rings. The molecule has 0 fully saturated rings. The van der Waals surface area contributed by atoms with Crippen molar-refractivity contribution < 1.29 is 0 Å². The molecule has 0 aliphatic rings. The predicted molar refractivity (Wildman–Crippen MR) is 89.6 cm³/mol. The summed E-state index contributed by atoms with van der Waals surface area (Å²) in [4.78, 5) is 8.66. The second-order valence-electron chi connectivity index (χ2n) is 5.45. The molecule has 1 N–H and O–H groups in total. The Kier molecular flexibility index (Phi) is 3.27. The third-order valence-electron chi connectivity index (χ3n) is 3.70. The Morgan fingerprint density at radius 2 is 1.96 bits per heavy atom. The van der Waals surface area contributed by atoms with Crippen LogP contribution in [0.15, 0.2) is 61.3 Å². The summed E-state index contributed by atoms with van der Waals surface area (Å²) in [6, 6.07) is 12.2. The minimum atomic E-state index is 0.747. The zero-order valence-electron chi connectivity index (χ0n) is 12.7. The Morgan fingerprint density at radius 1 is 1.09 bits per heavy atom. The zero-order chi connectivity index (χ0) is 15.6. The Labute approximate surface area is 133 Å². The first-order valence-electron chi connectivity index (χ1n) is 7.38. The number of imidazole rings is 1. The lowest BCUT2D eigenvalue weighted by Gasteiger charge is -2.03. The molecule has 0 aliphatic carbocycles. The number of aromatic nitrogens is 5. The van der Waals surface area contributed by atoms with Gasteiger partial charge in [-0.2, -0.15) is 5.10 Å². The average molecular weight is 304 g/mol. The molecule has 0 spiro atoms. The second-order valence-corrected chi connectivity index (χ2v) is 5.45. The zero-order valence-corrected chi connectivity index (χ0v) is 12.7. The molecular weight excluding hydrogens is 288 g/mol. The third-order valence-corrected chi connectivity index (χ3v) is 3.70. The first-order chi connectivity index (χ1) is 11.3. The summed E-state index contributed by atoms with van der Waals surface area (Å²) in [5, 5.41) is 7.67. The molecule has 1 aromatic carbocycles. The van der Waals surface area contributed by atoms with Gasteiger partial charge in [-0.15, -0.1) is 0 Å². The van der Waals surface area contributed by atoms with E-state index in [1.54, 1.807) is 18.7 Å².